The molecule has 0 aromatic rings. The zero-order chi connectivity index (χ0) is 12.1. The van der Waals surface area contributed by atoms with E-state index in [2.05, 4.69) is 34.6 Å². The van der Waals surface area contributed by atoms with Crippen LogP contribution in [0, 0.1) is 106 Å². The second-order valence-electron chi connectivity index (χ2n) is 8.29. The Labute approximate surface area is 151 Å². The Bertz CT molecular complexity index is 361. The molecule has 4 aliphatic rings. The summed E-state index contributed by atoms with van der Waals surface area (Å²) in [6.07, 6.45) is 3.12. The Morgan fingerprint density at radius 3 is 2.11 bits per heavy atom. The fourth-order valence-corrected chi connectivity index (χ4v) is 6.84. The molecule has 4 fully saturated rings. The maximum Gasteiger partial charge on any atom is 0 e. The summed E-state index contributed by atoms with van der Waals surface area (Å²) in [4.78, 5) is 0. The average molecular weight is 404 g/mol. The van der Waals surface area contributed by atoms with E-state index >= 15 is 0 Å². The van der Waals surface area contributed by atoms with E-state index in [0.29, 0.717) is 5.41 Å². The zero-order valence-electron chi connectivity index (χ0n) is 12.3. The first-order valence-electron chi connectivity index (χ1n) is 7.78. The van der Waals surface area contributed by atoms with E-state index in [1.54, 1.807) is 12.8 Å². The number of fused-ring (bicyclic) bond motifs is 9. The van der Waals surface area contributed by atoms with E-state index in [1.165, 1.54) is 0 Å². The molecule has 8 unspecified atom stereocenters. The minimum absolute atomic E-state index is 0. The molecule has 8 atom stereocenters. The summed E-state index contributed by atoms with van der Waals surface area (Å²) in [5.74, 6) is 10.3. The molecule has 0 amide bonds. The van der Waals surface area contributed by atoms with Gasteiger partial charge in [-0.25, -0.2) is 0 Å². The molecular weight excluding hydrogens is 377 g/mol. The van der Waals surface area contributed by atoms with Gasteiger partial charge >= 0.3 is 0 Å². The van der Waals surface area contributed by atoms with Crippen molar-refractivity contribution in [1.29, 1.82) is 0 Å². The largest absolute Gasteiger partial charge is 0.308 e. The van der Waals surface area contributed by atoms with Crippen molar-refractivity contribution in [1.82, 2.24) is 0 Å². The fourth-order valence-electron chi connectivity index (χ4n) is 6.84. The molecule has 4 saturated carbocycles. The molecule has 4 rings (SSSR count). The minimum atomic E-state index is 0. The normalized spacial score (nSPS) is 59.8. The van der Waals surface area contributed by atoms with Gasteiger partial charge in [0, 0.05) is 46.9 Å². The molecule has 0 aromatic carbocycles. The van der Waals surface area contributed by atoms with Crippen molar-refractivity contribution in [2.24, 2.45) is 52.8 Å². The number of hydrogen-bond donors (Lipinski definition) is 0. The van der Waals surface area contributed by atoms with E-state index in [4.69, 9.17) is 0 Å². The maximum atomic E-state index is 2.54. The Morgan fingerprint density at radius 2 is 1.50 bits per heavy atom. The van der Waals surface area contributed by atoms with Gasteiger partial charge in [0.05, 0.1) is 0 Å². The number of rotatable bonds is 0. The van der Waals surface area contributed by atoms with Crippen molar-refractivity contribution in [3.8, 4) is 0 Å². The third kappa shape index (κ3) is 1.45. The van der Waals surface area contributed by atoms with Crippen molar-refractivity contribution < 1.29 is 46.9 Å². The molecule has 0 radical (unpaired) electrons. The minimum Gasteiger partial charge on any atom is -0.308 e. The topological polar surface area (TPSA) is 0 Å². The van der Waals surface area contributed by atoms with Crippen LogP contribution in [0.3, 0.4) is 0 Å². The molecule has 18 heavy (non-hydrogen) atoms. The molecule has 0 spiro atoms. The van der Waals surface area contributed by atoms with E-state index in [9.17, 15) is 0 Å². The summed E-state index contributed by atoms with van der Waals surface area (Å²) in [6, 6.07) is 0. The van der Waals surface area contributed by atoms with Crippen molar-refractivity contribution in [2.45, 2.75) is 47.5 Å². The summed E-state index contributed by atoms with van der Waals surface area (Å²) in [6.45, 7) is 12.6. The molecule has 4 bridgehead atoms. The third-order valence-corrected chi connectivity index (χ3v) is 8.09. The molecule has 0 N–H and O–H groups in total. The number of hydrogen-bond acceptors (Lipinski definition) is 0. The Hall–Kier alpha value is 1.52. The summed E-state index contributed by atoms with van der Waals surface area (Å²) in [7, 11) is 0. The Morgan fingerprint density at radius 1 is 0.944 bits per heavy atom. The van der Waals surface area contributed by atoms with Gasteiger partial charge in [-0.05, 0) is 36.0 Å². The van der Waals surface area contributed by atoms with Gasteiger partial charge in [-0.2, -0.15) is 18.3 Å². The van der Waals surface area contributed by atoms with Gasteiger partial charge in [-0.3, -0.25) is 0 Å². The first-order chi connectivity index (χ1) is 7.94. The van der Waals surface area contributed by atoms with Crippen LogP contribution in [0.2, 0.25) is 0 Å². The average Bonchev–Trinajstić information content (AvgIpc) is 2.92. The second kappa shape index (κ2) is 4.26. The monoisotopic (exact) mass is 405 g/mol. The van der Waals surface area contributed by atoms with Crippen LogP contribution in [0.15, 0.2) is 0 Å². The predicted octanol–water partition coefficient (Wildman–Crippen LogP) is 4.41. The molecule has 0 aromatic heterocycles. The Balaban J connectivity index is 0.000001000. The van der Waals surface area contributed by atoms with Gasteiger partial charge in [0.1, 0.15) is 0 Å². The van der Waals surface area contributed by atoms with Gasteiger partial charge in [-0.1, -0.05) is 46.0 Å². The standard InChI is InChI=1S/C17H27.Yb/c1-8-9(2)12-6-11(8)15-13-7-14(16(12)15)17(4,5)10(13)3;/h8-9,11-16H,6-7H2,1-5H3;/q-1;. The van der Waals surface area contributed by atoms with Gasteiger partial charge < -0.3 is 5.92 Å². The maximum absolute atomic E-state index is 2.54. The van der Waals surface area contributed by atoms with Crippen molar-refractivity contribution >= 4 is 0 Å². The first-order valence-corrected chi connectivity index (χ1v) is 7.78. The van der Waals surface area contributed by atoms with Crippen molar-refractivity contribution in [3.63, 3.8) is 0 Å². The van der Waals surface area contributed by atoms with Gasteiger partial charge in [-0.15, -0.1) is 0 Å². The van der Waals surface area contributed by atoms with E-state index in [1.807, 2.05) is 5.92 Å². The van der Waals surface area contributed by atoms with Crippen LogP contribution in [0.25, 0.3) is 0 Å². The molecule has 0 nitrogen and oxygen atoms in total. The van der Waals surface area contributed by atoms with Crippen LogP contribution in [-0.2, 0) is 0 Å². The van der Waals surface area contributed by atoms with E-state index in [0.717, 1.165) is 47.3 Å². The second-order valence-corrected chi connectivity index (χ2v) is 8.29. The van der Waals surface area contributed by atoms with E-state index in [-0.39, 0.29) is 46.9 Å². The van der Waals surface area contributed by atoms with E-state index < -0.39 is 0 Å². The van der Waals surface area contributed by atoms with Gasteiger partial charge in [0.2, 0.25) is 0 Å². The third-order valence-electron chi connectivity index (χ3n) is 8.09. The summed E-state index contributed by atoms with van der Waals surface area (Å²) in [5, 5.41) is 0. The summed E-state index contributed by atoms with van der Waals surface area (Å²) >= 11 is 0. The molecular formula is C17H27Yb-. The zero-order valence-corrected chi connectivity index (χ0v) is 14.0. The first kappa shape index (κ1) is 14.5. The van der Waals surface area contributed by atoms with Crippen molar-refractivity contribution in [2.75, 3.05) is 0 Å². The summed E-state index contributed by atoms with van der Waals surface area (Å²) in [5.41, 5.74) is 0.555. The molecule has 0 aliphatic heterocycles. The van der Waals surface area contributed by atoms with Crippen LogP contribution >= 0.6 is 0 Å². The SMILES string of the molecule is C[C-]1C2CC(C3C4CC(C(C)C4C)C23)C1(C)C.[Yb]. The molecule has 110 valence electrons. The smallest absolute Gasteiger partial charge is 0 e. The quantitative estimate of drug-likeness (QED) is 0.414. The molecule has 0 heterocycles. The van der Waals surface area contributed by atoms with Gasteiger partial charge in [0.25, 0.3) is 0 Å². The van der Waals surface area contributed by atoms with Gasteiger partial charge in [0.15, 0.2) is 0 Å². The van der Waals surface area contributed by atoms with Crippen LogP contribution in [0.5, 0.6) is 0 Å². The van der Waals surface area contributed by atoms with Crippen LogP contribution in [0.4, 0.5) is 0 Å². The summed E-state index contributed by atoms with van der Waals surface area (Å²) < 4.78 is 0. The molecule has 1 heteroatoms. The molecule has 0 saturated heterocycles. The van der Waals surface area contributed by atoms with Crippen LogP contribution in [-0.4, -0.2) is 0 Å². The van der Waals surface area contributed by atoms with Crippen LogP contribution in [0.1, 0.15) is 47.5 Å². The molecule has 4 aliphatic carbocycles. The van der Waals surface area contributed by atoms with Crippen LogP contribution < -0.4 is 0 Å². The fraction of sp³-hybridized carbons (Fsp3) is 0.941. The predicted molar refractivity (Wildman–Crippen MR) is 71.2 cm³/mol. The Kier molecular flexibility index (Phi) is 3.42. The van der Waals surface area contributed by atoms with Crippen molar-refractivity contribution in [3.05, 3.63) is 5.92 Å².